The molecule has 1 aromatic heterocycles. The summed E-state index contributed by atoms with van der Waals surface area (Å²) in [7, 11) is 0. The van der Waals surface area contributed by atoms with E-state index in [0.29, 0.717) is 10.0 Å². The van der Waals surface area contributed by atoms with E-state index in [0.717, 1.165) is 5.56 Å². The second kappa shape index (κ2) is 4.51. The summed E-state index contributed by atoms with van der Waals surface area (Å²) in [5.74, 6) is 0. The van der Waals surface area contributed by atoms with Crippen molar-refractivity contribution in [2.75, 3.05) is 0 Å². The van der Waals surface area contributed by atoms with Gasteiger partial charge < -0.3 is 4.57 Å². The summed E-state index contributed by atoms with van der Waals surface area (Å²) in [6, 6.07) is 5.40. The van der Waals surface area contributed by atoms with E-state index in [4.69, 9.17) is 23.2 Å². The summed E-state index contributed by atoms with van der Waals surface area (Å²) in [6.45, 7) is 0. The molecule has 0 fully saturated rings. The highest BCUT2D eigenvalue weighted by molar-refractivity contribution is 6.35. The molecule has 76 valence electrons. The van der Waals surface area contributed by atoms with Gasteiger partial charge in [0.05, 0.1) is 6.33 Å². The zero-order valence-electron chi connectivity index (χ0n) is 7.77. The summed E-state index contributed by atoms with van der Waals surface area (Å²) in [6.07, 6.45) is 9.05. The molecule has 0 unspecified atom stereocenters. The molecule has 0 bridgehead atoms. The summed E-state index contributed by atoms with van der Waals surface area (Å²) >= 11 is 11.8. The maximum absolute atomic E-state index is 6.01. The zero-order chi connectivity index (χ0) is 10.7. The van der Waals surface area contributed by atoms with E-state index in [9.17, 15) is 0 Å². The van der Waals surface area contributed by atoms with Crippen LogP contribution in [-0.4, -0.2) is 9.55 Å². The lowest BCUT2D eigenvalue weighted by Gasteiger charge is -1.98. The molecule has 0 aliphatic rings. The van der Waals surface area contributed by atoms with Crippen LogP contribution >= 0.6 is 23.2 Å². The van der Waals surface area contributed by atoms with E-state index in [1.165, 1.54) is 0 Å². The van der Waals surface area contributed by atoms with Gasteiger partial charge >= 0.3 is 0 Å². The number of aromatic nitrogens is 2. The fraction of sp³-hybridized carbons (Fsp3) is 0. The van der Waals surface area contributed by atoms with Gasteiger partial charge in [-0.2, -0.15) is 0 Å². The second-order valence-corrected chi connectivity index (χ2v) is 3.84. The minimum absolute atomic E-state index is 0.638. The molecule has 0 amide bonds. The van der Waals surface area contributed by atoms with Gasteiger partial charge in [-0.3, -0.25) is 0 Å². The number of rotatable bonds is 2. The highest BCUT2D eigenvalue weighted by Gasteiger charge is 1.96. The van der Waals surface area contributed by atoms with Crippen LogP contribution in [0.25, 0.3) is 12.3 Å². The Morgan fingerprint density at radius 3 is 2.80 bits per heavy atom. The fourth-order valence-electron chi connectivity index (χ4n) is 1.16. The molecule has 0 spiro atoms. The van der Waals surface area contributed by atoms with Crippen molar-refractivity contribution in [3.05, 3.63) is 52.5 Å². The molecule has 0 radical (unpaired) electrons. The first kappa shape index (κ1) is 10.3. The summed E-state index contributed by atoms with van der Waals surface area (Å²) in [5.41, 5.74) is 0.926. The topological polar surface area (TPSA) is 17.8 Å². The van der Waals surface area contributed by atoms with Gasteiger partial charge in [0.1, 0.15) is 0 Å². The predicted molar refractivity (Wildman–Crippen MR) is 63.9 cm³/mol. The van der Waals surface area contributed by atoms with Crippen LogP contribution in [-0.2, 0) is 0 Å². The molecule has 15 heavy (non-hydrogen) atoms. The van der Waals surface area contributed by atoms with Crippen molar-refractivity contribution in [1.82, 2.24) is 9.55 Å². The van der Waals surface area contributed by atoms with E-state index >= 15 is 0 Å². The molecule has 0 aliphatic carbocycles. The maximum atomic E-state index is 6.01. The smallest absolute Gasteiger partial charge is 0.0986 e. The van der Waals surface area contributed by atoms with Crippen LogP contribution in [0.5, 0.6) is 0 Å². The SMILES string of the molecule is Clc1ccc(/C=C/n2ccnc2)c(Cl)c1. The molecule has 0 saturated heterocycles. The molecule has 0 atom stereocenters. The number of hydrogen-bond acceptors (Lipinski definition) is 1. The lowest BCUT2D eigenvalue weighted by molar-refractivity contribution is 1.14. The van der Waals surface area contributed by atoms with Gasteiger partial charge in [0.15, 0.2) is 0 Å². The maximum Gasteiger partial charge on any atom is 0.0986 e. The minimum Gasteiger partial charge on any atom is -0.313 e. The number of nitrogens with zero attached hydrogens (tertiary/aromatic N) is 2. The molecule has 0 aliphatic heterocycles. The van der Waals surface area contributed by atoms with Crippen LogP contribution in [0, 0.1) is 0 Å². The Balaban J connectivity index is 2.24. The van der Waals surface area contributed by atoms with Crippen LogP contribution in [0.4, 0.5) is 0 Å². The first-order valence-corrected chi connectivity index (χ1v) is 5.12. The summed E-state index contributed by atoms with van der Waals surface area (Å²) < 4.78 is 1.84. The number of imidazole rings is 1. The third-order valence-corrected chi connectivity index (χ3v) is 2.48. The van der Waals surface area contributed by atoms with Crippen LogP contribution in [0.3, 0.4) is 0 Å². The highest BCUT2D eigenvalue weighted by atomic mass is 35.5. The number of benzene rings is 1. The lowest BCUT2D eigenvalue weighted by atomic mass is 10.2. The van der Waals surface area contributed by atoms with Crippen LogP contribution in [0.2, 0.25) is 10.0 Å². The lowest BCUT2D eigenvalue weighted by Crippen LogP contribution is -1.80. The Bertz CT molecular complexity index is 475. The fourth-order valence-corrected chi connectivity index (χ4v) is 1.63. The van der Waals surface area contributed by atoms with Crippen molar-refractivity contribution in [3.8, 4) is 0 Å². The van der Waals surface area contributed by atoms with Crippen molar-refractivity contribution >= 4 is 35.5 Å². The standard InChI is InChI=1S/C11H8Cl2N2/c12-10-2-1-9(11(13)7-10)3-5-15-6-4-14-8-15/h1-8H/b5-3+. The molecule has 0 N–H and O–H groups in total. The zero-order valence-corrected chi connectivity index (χ0v) is 9.28. The van der Waals surface area contributed by atoms with E-state index in [2.05, 4.69) is 4.98 Å². The Morgan fingerprint density at radius 1 is 1.27 bits per heavy atom. The molecule has 0 saturated carbocycles. The van der Waals surface area contributed by atoms with Crippen LogP contribution in [0.15, 0.2) is 36.9 Å². The molecule has 2 rings (SSSR count). The van der Waals surface area contributed by atoms with E-state index in [-0.39, 0.29) is 0 Å². The Labute approximate surface area is 97.8 Å². The normalized spacial score (nSPS) is 11.1. The van der Waals surface area contributed by atoms with Gasteiger partial charge in [0.2, 0.25) is 0 Å². The third-order valence-electron chi connectivity index (χ3n) is 1.91. The third kappa shape index (κ3) is 2.61. The van der Waals surface area contributed by atoms with Crippen molar-refractivity contribution in [2.45, 2.75) is 0 Å². The molecule has 2 aromatic rings. The quantitative estimate of drug-likeness (QED) is 0.778. The Hall–Kier alpha value is -1.25. The minimum atomic E-state index is 0.638. The van der Waals surface area contributed by atoms with Gasteiger partial charge in [0, 0.05) is 28.6 Å². The van der Waals surface area contributed by atoms with Gasteiger partial charge in [-0.1, -0.05) is 29.3 Å². The number of halogens is 2. The van der Waals surface area contributed by atoms with Gasteiger partial charge in [-0.15, -0.1) is 0 Å². The monoisotopic (exact) mass is 238 g/mol. The second-order valence-electron chi connectivity index (χ2n) is 2.99. The molecular formula is C11H8Cl2N2. The van der Waals surface area contributed by atoms with Crippen molar-refractivity contribution in [1.29, 1.82) is 0 Å². The van der Waals surface area contributed by atoms with Crippen molar-refractivity contribution < 1.29 is 0 Å². The van der Waals surface area contributed by atoms with Crippen LogP contribution in [0.1, 0.15) is 5.56 Å². The first-order chi connectivity index (χ1) is 7.25. The Kier molecular flexibility index (Phi) is 3.09. The van der Waals surface area contributed by atoms with E-state index in [1.54, 1.807) is 24.7 Å². The predicted octanol–water partition coefficient (Wildman–Crippen LogP) is 3.82. The average molecular weight is 239 g/mol. The highest BCUT2D eigenvalue weighted by Crippen LogP contribution is 2.22. The van der Waals surface area contributed by atoms with E-state index < -0.39 is 0 Å². The van der Waals surface area contributed by atoms with E-state index in [1.807, 2.05) is 29.1 Å². The molecule has 4 heteroatoms. The Morgan fingerprint density at radius 2 is 2.13 bits per heavy atom. The van der Waals surface area contributed by atoms with Gasteiger partial charge in [-0.25, -0.2) is 4.98 Å². The average Bonchev–Trinajstić information content (AvgIpc) is 2.69. The summed E-state index contributed by atoms with van der Waals surface area (Å²) in [4.78, 5) is 3.93. The summed E-state index contributed by atoms with van der Waals surface area (Å²) in [5, 5.41) is 1.28. The molecule has 1 heterocycles. The van der Waals surface area contributed by atoms with Crippen molar-refractivity contribution in [3.63, 3.8) is 0 Å². The first-order valence-electron chi connectivity index (χ1n) is 4.36. The van der Waals surface area contributed by atoms with Crippen molar-refractivity contribution in [2.24, 2.45) is 0 Å². The van der Waals surface area contributed by atoms with Gasteiger partial charge in [0.25, 0.3) is 0 Å². The van der Waals surface area contributed by atoms with Gasteiger partial charge in [-0.05, 0) is 23.8 Å². The molecular weight excluding hydrogens is 231 g/mol. The molecule has 2 nitrogen and oxygen atoms in total. The molecule has 1 aromatic carbocycles. The van der Waals surface area contributed by atoms with Crippen LogP contribution < -0.4 is 0 Å². The number of hydrogen-bond donors (Lipinski definition) is 0. The largest absolute Gasteiger partial charge is 0.313 e.